The average molecular weight is 363 g/mol. The molecule has 0 saturated carbocycles. The van der Waals surface area contributed by atoms with Gasteiger partial charge in [-0.15, -0.1) is 0 Å². The van der Waals surface area contributed by atoms with E-state index in [9.17, 15) is 9.59 Å². The summed E-state index contributed by atoms with van der Waals surface area (Å²) in [6.45, 7) is 0.395. The molecule has 1 atom stereocenters. The van der Waals surface area contributed by atoms with Gasteiger partial charge in [0.05, 0.1) is 17.8 Å². The van der Waals surface area contributed by atoms with Crippen LogP contribution in [0.4, 0.5) is 11.4 Å². The van der Waals surface area contributed by atoms with Crippen molar-refractivity contribution in [3.8, 4) is 0 Å². The van der Waals surface area contributed by atoms with Crippen LogP contribution in [-0.2, 0) is 16.6 Å². The van der Waals surface area contributed by atoms with E-state index in [0.717, 1.165) is 10.2 Å². The van der Waals surface area contributed by atoms with Gasteiger partial charge in [0.15, 0.2) is 0 Å². The Kier molecular flexibility index (Phi) is 3.98. The number of rotatable bonds is 3. The summed E-state index contributed by atoms with van der Waals surface area (Å²) in [5, 5.41) is 6.80. The predicted octanol–water partition coefficient (Wildman–Crippen LogP) is 2.17. The molecule has 0 bridgehead atoms. The molecule has 1 aliphatic heterocycles. The Morgan fingerprint density at radius 2 is 2.09 bits per heavy atom. The van der Waals surface area contributed by atoms with Crippen LogP contribution in [0.15, 0.2) is 41.1 Å². The van der Waals surface area contributed by atoms with Gasteiger partial charge in [0, 0.05) is 36.4 Å². The Balaban J connectivity index is 1.68. The van der Waals surface area contributed by atoms with Crippen molar-refractivity contribution < 1.29 is 9.59 Å². The van der Waals surface area contributed by atoms with Crippen molar-refractivity contribution in [2.45, 2.75) is 6.42 Å². The summed E-state index contributed by atoms with van der Waals surface area (Å²) in [5.41, 5.74) is 1.45. The summed E-state index contributed by atoms with van der Waals surface area (Å²) < 4.78 is 2.57. The van der Waals surface area contributed by atoms with Crippen molar-refractivity contribution in [2.24, 2.45) is 13.0 Å². The van der Waals surface area contributed by atoms with Crippen LogP contribution in [0.5, 0.6) is 0 Å². The van der Waals surface area contributed by atoms with Crippen molar-refractivity contribution >= 4 is 39.1 Å². The van der Waals surface area contributed by atoms with Crippen molar-refractivity contribution in [1.29, 1.82) is 0 Å². The highest BCUT2D eigenvalue weighted by Crippen LogP contribution is 2.27. The average Bonchev–Trinajstić information content (AvgIpc) is 3.06. The molecule has 0 aliphatic carbocycles. The summed E-state index contributed by atoms with van der Waals surface area (Å²) in [6.07, 6.45) is 3.53. The maximum absolute atomic E-state index is 12.3. The first-order chi connectivity index (χ1) is 10.5. The minimum absolute atomic E-state index is 0.0336. The number of amides is 2. The fourth-order valence-corrected chi connectivity index (χ4v) is 2.75. The van der Waals surface area contributed by atoms with Crippen LogP contribution in [0.3, 0.4) is 0 Å². The van der Waals surface area contributed by atoms with Crippen LogP contribution in [0.1, 0.15) is 6.42 Å². The highest BCUT2D eigenvalue weighted by Gasteiger charge is 2.35. The lowest BCUT2D eigenvalue weighted by Crippen LogP contribution is -2.28. The molecule has 2 heterocycles. The number of hydrogen-bond acceptors (Lipinski definition) is 3. The number of carbonyl (C=O) groups is 2. The Hall–Kier alpha value is -2.15. The Bertz CT molecular complexity index is 711. The van der Waals surface area contributed by atoms with Gasteiger partial charge in [-0.2, -0.15) is 5.10 Å². The van der Waals surface area contributed by atoms with Gasteiger partial charge < -0.3 is 10.2 Å². The normalized spacial score (nSPS) is 17.8. The SMILES string of the molecule is Cn1cc(NC(=O)[C@H]2CC(=O)N(c3ccc(Br)cc3)C2)cn1. The van der Waals surface area contributed by atoms with Crippen LogP contribution in [0.2, 0.25) is 0 Å². The lowest BCUT2D eigenvalue weighted by atomic mass is 10.1. The second-order valence-electron chi connectivity index (χ2n) is 5.27. The predicted molar refractivity (Wildman–Crippen MR) is 86.4 cm³/mol. The zero-order chi connectivity index (χ0) is 15.7. The van der Waals surface area contributed by atoms with E-state index in [1.54, 1.807) is 29.0 Å². The van der Waals surface area contributed by atoms with Crippen molar-refractivity contribution in [3.05, 3.63) is 41.1 Å². The van der Waals surface area contributed by atoms with Gasteiger partial charge in [0.2, 0.25) is 11.8 Å². The number of carbonyl (C=O) groups excluding carboxylic acids is 2. The smallest absolute Gasteiger partial charge is 0.229 e. The molecular formula is C15H15BrN4O2. The fourth-order valence-electron chi connectivity index (χ4n) is 2.48. The zero-order valence-electron chi connectivity index (χ0n) is 12.0. The molecule has 22 heavy (non-hydrogen) atoms. The lowest BCUT2D eigenvalue weighted by molar-refractivity contribution is -0.122. The first-order valence-corrected chi connectivity index (χ1v) is 7.67. The van der Waals surface area contributed by atoms with Crippen molar-refractivity contribution in [3.63, 3.8) is 0 Å². The van der Waals surface area contributed by atoms with Gasteiger partial charge in [-0.05, 0) is 24.3 Å². The zero-order valence-corrected chi connectivity index (χ0v) is 13.6. The number of benzene rings is 1. The number of aromatic nitrogens is 2. The minimum atomic E-state index is -0.351. The van der Waals surface area contributed by atoms with Crippen molar-refractivity contribution in [2.75, 3.05) is 16.8 Å². The van der Waals surface area contributed by atoms with Crippen LogP contribution in [-0.4, -0.2) is 28.1 Å². The molecule has 2 amide bonds. The fraction of sp³-hybridized carbons (Fsp3) is 0.267. The Labute approximate surface area is 136 Å². The van der Waals surface area contributed by atoms with Gasteiger partial charge in [0.25, 0.3) is 0 Å². The number of nitrogens with zero attached hydrogens (tertiary/aromatic N) is 3. The summed E-state index contributed by atoms with van der Waals surface area (Å²) >= 11 is 3.37. The molecule has 114 valence electrons. The summed E-state index contributed by atoms with van der Waals surface area (Å²) in [4.78, 5) is 26.1. The first-order valence-electron chi connectivity index (χ1n) is 6.88. The summed E-state index contributed by atoms with van der Waals surface area (Å²) in [7, 11) is 1.78. The van der Waals surface area contributed by atoms with Gasteiger partial charge in [-0.1, -0.05) is 15.9 Å². The van der Waals surface area contributed by atoms with E-state index in [1.807, 2.05) is 24.3 Å². The van der Waals surface area contributed by atoms with Gasteiger partial charge in [0.1, 0.15) is 0 Å². The Morgan fingerprint density at radius 1 is 1.36 bits per heavy atom. The van der Waals surface area contributed by atoms with Crippen LogP contribution >= 0.6 is 15.9 Å². The molecule has 1 aromatic carbocycles. The maximum atomic E-state index is 12.3. The van der Waals surface area contributed by atoms with E-state index in [4.69, 9.17) is 0 Å². The third-order valence-corrected chi connectivity index (χ3v) is 4.14. The highest BCUT2D eigenvalue weighted by molar-refractivity contribution is 9.10. The molecule has 1 aromatic heterocycles. The quantitative estimate of drug-likeness (QED) is 0.909. The van der Waals surface area contributed by atoms with E-state index in [-0.39, 0.29) is 24.2 Å². The Morgan fingerprint density at radius 3 is 2.73 bits per heavy atom. The van der Waals surface area contributed by atoms with Crippen LogP contribution < -0.4 is 10.2 Å². The number of aryl methyl sites for hydroxylation is 1. The van der Waals surface area contributed by atoms with Crippen LogP contribution in [0, 0.1) is 5.92 Å². The van der Waals surface area contributed by atoms with E-state index >= 15 is 0 Å². The number of hydrogen-bond donors (Lipinski definition) is 1. The monoisotopic (exact) mass is 362 g/mol. The molecule has 0 unspecified atom stereocenters. The third-order valence-electron chi connectivity index (χ3n) is 3.61. The van der Waals surface area contributed by atoms with E-state index in [0.29, 0.717) is 12.2 Å². The second-order valence-corrected chi connectivity index (χ2v) is 6.19. The maximum Gasteiger partial charge on any atom is 0.229 e. The summed E-state index contributed by atoms with van der Waals surface area (Å²) in [6, 6.07) is 7.49. The molecule has 1 saturated heterocycles. The largest absolute Gasteiger partial charge is 0.323 e. The molecule has 6 nitrogen and oxygen atoms in total. The molecule has 1 N–H and O–H groups in total. The van der Waals surface area contributed by atoms with Gasteiger partial charge in [-0.3, -0.25) is 14.3 Å². The standard InChI is InChI=1S/C15H15BrN4O2/c1-19-9-12(7-17-19)18-15(22)10-6-14(21)20(8-10)13-4-2-11(16)3-5-13/h2-5,7,9-10H,6,8H2,1H3,(H,18,22)/t10-/m0/s1. The summed E-state index contributed by atoms with van der Waals surface area (Å²) in [5.74, 6) is -0.536. The molecule has 2 aromatic rings. The van der Waals surface area contributed by atoms with E-state index in [2.05, 4.69) is 26.3 Å². The number of anilines is 2. The molecular weight excluding hydrogens is 348 g/mol. The molecule has 3 rings (SSSR count). The third kappa shape index (κ3) is 3.04. The highest BCUT2D eigenvalue weighted by atomic mass is 79.9. The second kappa shape index (κ2) is 5.92. The van der Waals surface area contributed by atoms with E-state index < -0.39 is 0 Å². The van der Waals surface area contributed by atoms with E-state index in [1.165, 1.54) is 0 Å². The number of halogens is 1. The van der Waals surface area contributed by atoms with Crippen molar-refractivity contribution in [1.82, 2.24) is 9.78 Å². The number of nitrogens with one attached hydrogen (secondary N) is 1. The molecule has 1 fully saturated rings. The topological polar surface area (TPSA) is 67.2 Å². The van der Waals surface area contributed by atoms with Gasteiger partial charge >= 0.3 is 0 Å². The molecule has 1 aliphatic rings. The molecule has 0 spiro atoms. The molecule has 0 radical (unpaired) electrons. The minimum Gasteiger partial charge on any atom is -0.323 e. The van der Waals surface area contributed by atoms with Crippen LogP contribution in [0.25, 0.3) is 0 Å². The first kappa shape index (κ1) is 14.8. The van der Waals surface area contributed by atoms with Gasteiger partial charge in [-0.25, -0.2) is 0 Å². The molecule has 7 heteroatoms. The lowest BCUT2D eigenvalue weighted by Gasteiger charge is -2.16.